The minimum atomic E-state index is -3.55. The van der Waals surface area contributed by atoms with E-state index in [1.807, 2.05) is 12.1 Å². The summed E-state index contributed by atoms with van der Waals surface area (Å²) in [4.78, 5) is 0.279. The highest BCUT2D eigenvalue weighted by atomic mass is 32.2. The minimum absolute atomic E-state index is 0.220. The third-order valence-electron chi connectivity index (χ3n) is 3.74. The van der Waals surface area contributed by atoms with Crippen molar-refractivity contribution in [3.05, 3.63) is 54.1 Å². The van der Waals surface area contributed by atoms with E-state index in [1.54, 1.807) is 59.6 Å². The van der Waals surface area contributed by atoms with Crippen LogP contribution in [0.2, 0.25) is 0 Å². The number of sulfonamides is 1. The Morgan fingerprint density at radius 3 is 2.39 bits per heavy atom. The van der Waals surface area contributed by atoms with Gasteiger partial charge in [0.15, 0.2) is 0 Å². The van der Waals surface area contributed by atoms with E-state index in [2.05, 4.69) is 0 Å². The van der Waals surface area contributed by atoms with Gasteiger partial charge in [-0.05, 0) is 42.0 Å². The van der Waals surface area contributed by atoms with Gasteiger partial charge in [-0.1, -0.05) is 12.1 Å². The van der Waals surface area contributed by atoms with Gasteiger partial charge in [0.1, 0.15) is 5.75 Å². The molecular weight excluding hydrogens is 332 g/mol. The molecule has 0 aromatic heterocycles. The van der Waals surface area contributed by atoms with Crippen LogP contribution in [0.15, 0.2) is 53.4 Å². The van der Waals surface area contributed by atoms with Gasteiger partial charge >= 0.3 is 0 Å². The molecule has 122 valence electrons. The van der Waals surface area contributed by atoms with Crippen LogP contribution >= 0.6 is 11.8 Å². The lowest BCUT2D eigenvalue weighted by molar-refractivity contribution is 0.414. The van der Waals surface area contributed by atoms with E-state index < -0.39 is 10.0 Å². The molecule has 5 nitrogen and oxygen atoms in total. The van der Waals surface area contributed by atoms with Crippen LogP contribution in [0.3, 0.4) is 0 Å². The maximum absolute atomic E-state index is 12.9. The Kier molecular flexibility index (Phi) is 4.52. The molecule has 1 aliphatic heterocycles. The van der Waals surface area contributed by atoms with E-state index in [0.29, 0.717) is 18.0 Å². The molecule has 0 saturated carbocycles. The fourth-order valence-corrected chi connectivity index (χ4v) is 5.75. The maximum atomic E-state index is 12.9. The van der Waals surface area contributed by atoms with E-state index in [9.17, 15) is 8.42 Å². The monoisotopic (exact) mass is 350 g/mol. The first-order chi connectivity index (χ1) is 11.0. The van der Waals surface area contributed by atoms with Crippen LogP contribution in [-0.4, -0.2) is 32.1 Å². The molecule has 0 spiro atoms. The van der Waals surface area contributed by atoms with Gasteiger partial charge in [-0.15, -0.1) is 11.8 Å². The average molecular weight is 350 g/mol. The zero-order valence-electron chi connectivity index (χ0n) is 12.7. The van der Waals surface area contributed by atoms with Crippen molar-refractivity contribution in [2.24, 2.45) is 0 Å². The second-order valence-electron chi connectivity index (χ2n) is 5.18. The van der Waals surface area contributed by atoms with Gasteiger partial charge in [0.2, 0.25) is 10.0 Å². The van der Waals surface area contributed by atoms with Crippen molar-refractivity contribution in [3.8, 4) is 5.75 Å². The number of hydrogen-bond acceptors (Lipinski definition) is 5. The number of nitrogens with two attached hydrogens (primary N) is 1. The van der Waals surface area contributed by atoms with Crippen molar-refractivity contribution >= 4 is 27.5 Å². The van der Waals surface area contributed by atoms with Gasteiger partial charge in [0.05, 0.1) is 17.4 Å². The SMILES string of the molecule is COc1ccc(S(=O)(=O)N2CCS[C@H]2c2ccc(N)cc2)cc1. The van der Waals surface area contributed by atoms with Crippen LogP contribution in [0.1, 0.15) is 10.9 Å². The maximum Gasteiger partial charge on any atom is 0.244 e. The molecule has 1 saturated heterocycles. The molecule has 0 amide bonds. The zero-order valence-corrected chi connectivity index (χ0v) is 14.3. The number of hydrogen-bond donors (Lipinski definition) is 1. The Bertz CT molecular complexity index is 774. The Labute approximate surface area is 140 Å². The molecule has 7 heteroatoms. The quantitative estimate of drug-likeness (QED) is 0.859. The summed E-state index contributed by atoms with van der Waals surface area (Å²) < 4.78 is 32.5. The molecule has 23 heavy (non-hydrogen) atoms. The number of rotatable bonds is 4. The van der Waals surface area contributed by atoms with E-state index in [4.69, 9.17) is 10.5 Å². The highest BCUT2D eigenvalue weighted by molar-refractivity contribution is 8.01. The number of nitrogens with zero attached hydrogens (tertiary/aromatic N) is 1. The molecule has 1 heterocycles. The topological polar surface area (TPSA) is 72.6 Å². The molecule has 2 aromatic carbocycles. The van der Waals surface area contributed by atoms with E-state index in [-0.39, 0.29) is 10.3 Å². The summed E-state index contributed by atoms with van der Waals surface area (Å²) in [5, 5.41) is -0.220. The lowest BCUT2D eigenvalue weighted by Crippen LogP contribution is -2.30. The Hall–Kier alpha value is -1.70. The predicted molar refractivity (Wildman–Crippen MR) is 92.9 cm³/mol. The van der Waals surface area contributed by atoms with Crippen molar-refractivity contribution in [3.63, 3.8) is 0 Å². The first-order valence-electron chi connectivity index (χ1n) is 7.15. The molecule has 0 aliphatic carbocycles. The number of methoxy groups -OCH3 is 1. The molecule has 1 aliphatic rings. The summed E-state index contributed by atoms with van der Waals surface area (Å²) >= 11 is 1.62. The summed E-state index contributed by atoms with van der Waals surface area (Å²) in [6.07, 6.45) is 0. The Morgan fingerprint density at radius 1 is 1.13 bits per heavy atom. The highest BCUT2D eigenvalue weighted by Crippen LogP contribution is 2.41. The van der Waals surface area contributed by atoms with Crippen LogP contribution in [0.4, 0.5) is 5.69 Å². The highest BCUT2D eigenvalue weighted by Gasteiger charge is 2.36. The smallest absolute Gasteiger partial charge is 0.244 e. The fraction of sp³-hybridized carbons (Fsp3) is 0.250. The molecule has 0 bridgehead atoms. The number of ether oxygens (including phenoxy) is 1. The summed E-state index contributed by atoms with van der Waals surface area (Å²) in [6.45, 7) is 0.494. The van der Waals surface area contributed by atoms with Gasteiger partial charge in [0.25, 0.3) is 0 Å². The van der Waals surface area contributed by atoms with Crippen molar-refractivity contribution < 1.29 is 13.2 Å². The number of anilines is 1. The zero-order chi connectivity index (χ0) is 16.4. The summed E-state index contributed by atoms with van der Waals surface area (Å²) in [6, 6.07) is 13.8. The second kappa shape index (κ2) is 6.43. The van der Waals surface area contributed by atoms with Crippen LogP contribution in [0, 0.1) is 0 Å². The van der Waals surface area contributed by atoms with Gasteiger partial charge in [-0.3, -0.25) is 0 Å². The van der Waals surface area contributed by atoms with E-state index in [0.717, 1.165) is 11.3 Å². The van der Waals surface area contributed by atoms with Crippen molar-refractivity contribution in [2.75, 3.05) is 25.1 Å². The lowest BCUT2D eigenvalue weighted by Gasteiger charge is -2.23. The van der Waals surface area contributed by atoms with Gasteiger partial charge in [0, 0.05) is 18.0 Å². The molecule has 1 atom stereocenters. The second-order valence-corrected chi connectivity index (χ2v) is 8.26. The van der Waals surface area contributed by atoms with E-state index >= 15 is 0 Å². The van der Waals surface area contributed by atoms with Gasteiger partial charge in [-0.25, -0.2) is 8.42 Å². The van der Waals surface area contributed by atoms with Crippen LogP contribution in [0.25, 0.3) is 0 Å². The molecular formula is C16H18N2O3S2. The normalized spacial score (nSPS) is 18.9. The largest absolute Gasteiger partial charge is 0.497 e. The predicted octanol–water partition coefficient (Wildman–Crippen LogP) is 2.71. The number of nitrogen functional groups attached to an aromatic ring is 1. The van der Waals surface area contributed by atoms with Crippen molar-refractivity contribution in [1.82, 2.24) is 4.31 Å². The van der Waals surface area contributed by atoms with Crippen LogP contribution in [0.5, 0.6) is 5.75 Å². The molecule has 0 radical (unpaired) electrons. The van der Waals surface area contributed by atoms with Gasteiger partial charge < -0.3 is 10.5 Å². The number of benzene rings is 2. The van der Waals surface area contributed by atoms with Gasteiger partial charge in [-0.2, -0.15) is 4.31 Å². The first kappa shape index (κ1) is 16.2. The fourth-order valence-electron chi connectivity index (χ4n) is 2.51. The third kappa shape index (κ3) is 3.17. The molecule has 0 unspecified atom stereocenters. The Balaban J connectivity index is 1.92. The minimum Gasteiger partial charge on any atom is -0.497 e. The van der Waals surface area contributed by atoms with Crippen LogP contribution < -0.4 is 10.5 Å². The molecule has 2 N–H and O–H groups in total. The number of thioether (sulfide) groups is 1. The molecule has 1 fully saturated rings. The summed E-state index contributed by atoms with van der Waals surface area (Å²) in [7, 11) is -1.99. The van der Waals surface area contributed by atoms with Crippen molar-refractivity contribution in [1.29, 1.82) is 0 Å². The summed E-state index contributed by atoms with van der Waals surface area (Å²) in [5.74, 6) is 1.40. The lowest BCUT2D eigenvalue weighted by atomic mass is 10.2. The third-order valence-corrected chi connectivity index (χ3v) is 7.01. The average Bonchev–Trinajstić information content (AvgIpc) is 3.06. The first-order valence-corrected chi connectivity index (χ1v) is 9.64. The molecule has 3 rings (SSSR count). The Morgan fingerprint density at radius 2 is 1.78 bits per heavy atom. The standard InChI is InChI=1S/C16H18N2O3S2/c1-21-14-6-8-15(9-7-14)23(19,20)18-10-11-22-16(18)12-2-4-13(17)5-3-12/h2-9,16H,10-11,17H2,1H3/t16-/m0/s1. The van der Waals surface area contributed by atoms with Crippen LogP contribution in [-0.2, 0) is 10.0 Å². The van der Waals surface area contributed by atoms with Crippen molar-refractivity contribution in [2.45, 2.75) is 10.3 Å². The summed E-state index contributed by atoms with van der Waals surface area (Å²) in [5.41, 5.74) is 7.32. The molecule has 2 aromatic rings. The van der Waals surface area contributed by atoms with E-state index in [1.165, 1.54) is 0 Å².